The summed E-state index contributed by atoms with van der Waals surface area (Å²) in [5.74, 6) is 0. The number of hydrogen-bond acceptors (Lipinski definition) is 4. The summed E-state index contributed by atoms with van der Waals surface area (Å²) in [6.45, 7) is 4.50. The summed E-state index contributed by atoms with van der Waals surface area (Å²) < 4.78 is 0. The summed E-state index contributed by atoms with van der Waals surface area (Å²) in [6, 6.07) is 3.58. The largest absolute Gasteiger partial charge is 0.338 e. The molecule has 0 aliphatic heterocycles. The van der Waals surface area contributed by atoms with Gasteiger partial charge >= 0.3 is 6.03 Å². The molecule has 0 aliphatic carbocycles. The lowest BCUT2D eigenvalue weighted by Crippen LogP contribution is -2.38. The highest BCUT2D eigenvalue weighted by atomic mass is 32.1. The number of nitrogens with zero attached hydrogens (tertiary/aromatic N) is 2. The topological polar surface area (TPSA) is 66.9 Å². The van der Waals surface area contributed by atoms with Gasteiger partial charge in [-0.3, -0.25) is 4.98 Å². The Hall–Kier alpha value is -1.95. The van der Waals surface area contributed by atoms with Gasteiger partial charge in [-0.05, 0) is 31.5 Å². The minimum Gasteiger partial charge on any atom is -0.338 e. The zero-order valence-electron chi connectivity index (χ0n) is 11.6. The lowest BCUT2D eigenvalue weighted by atomic mass is 10.1. The van der Waals surface area contributed by atoms with Gasteiger partial charge in [0.15, 0.2) is 0 Å². The van der Waals surface area contributed by atoms with Gasteiger partial charge in [-0.25, -0.2) is 9.78 Å². The van der Waals surface area contributed by atoms with Crippen LogP contribution in [0.1, 0.15) is 29.2 Å². The first-order valence-electron chi connectivity index (χ1n) is 6.50. The SMILES string of the molecule is Cc1nc(CCNC(=O)N[C@H](C)c2ccncc2)cs1. The Kier molecular flexibility index (Phi) is 5.06. The van der Waals surface area contributed by atoms with E-state index in [1.807, 2.05) is 31.4 Å². The Morgan fingerprint density at radius 2 is 2.15 bits per heavy atom. The molecule has 0 aromatic carbocycles. The van der Waals surface area contributed by atoms with Crippen LogP contribution in [-0.4, -0.2) is 22.5 Å². The molecule has 2 amide bonds. The Morgan fingerprint density at radius 1 is 1.40 bits per heavy atom. The Labute approximate surface area is 122 Å². The Balaban J connectivity index is 1.73. The molecule has 2 aromatic heterocycles. The van der Waals surface area contributed by atoms with Crippen molar-refractivity contribution in [1.29, 1.82) is 0 Å². The molecule has 106 valence electrons. The maximum atomic E-state index is 11.8. The van der Waals surface area contributed by atoms with Crippen LogP contribution in [0.2, 0.25) is 0 Å². The van der Waals surface area contributed by atoms with E-state index in [2.05, 4.69) is 20.6 Å². The molecule has 0 spiro atoms. The second-order valence-electron chi connectivity index (χ2n) is 4.51. The third-order valence-corrected chi connectivity index (χ3v) is 3.71. The summed E-state index contributed by atoms with van der Waals surface area (Å²) in [6.07, 6.45) is 4.19. The van der Waals surface area contributed by atoms with Crippen LogP contribution in [-0.2, 0) is 6.42 Å². The van der Waals surface area contributed by atoms with E-state index in [-0.39, 0.29) is 12.1 Å². The van der Waals surface area contributed by atoms with Crippen molar-refractivity contribution in [2.75, 3.05) is 6.54 Å². The van der Waals surface area contributed by atoms with Crippen molar-refractivity contribution >= 4 is 17.4 Å². The zero-order chi connectivity index (χ0) is 14.4. The van der Waals surface area contributed by atoms with Gasteiger partial charge in [0.1, 0.15) is 0 Å². The lowest BCUT2D eigenvalue weighted by molar-refractivity contribution is 0.238. The number of nitrogens with one attached hydrogen (secondary N) is 2. The predicted octanol–water partition coefficient (Wildman–Crippen LogP) is 2.45. The third-order valence-electron chi connectivity index (χ3n) is 2.89. The monoisotopic (exact) mass is 290 g/mol. The van der Waals surface area contributed by atoms with Crippen molar-refractivity contribution in [1.82, 2.24) is 20.6 Å². The van der Waals surface area contributed by atoms with Crippen LogP contribution >= 0.6 is 11.3 Å². The highest BCUT2D eigenvalue weighted by Crippen LogP contribution is 2.10. The van der Waals surface area contributed by atoms with Crippen molar-refractivity contribution in [2.45, 2.75) is 26.3 Å². The summed E-state index contributed by atoms with van der Waals surface area (Å²) in [5.41, 5.74) is 2.06. The van der Waals surface area contributed by atoms with E-state index in [1.165, 1.54) is 0 Å². The zero-order valence-corrected chi connectivity index (χ0v) is 12.4. The Morgan fingerprint density at radius 3 is 2.80 bits per heavy atom. The molecule has 1 atom stereocenters. The minimum absolute atomic E-state index is 0.0421. The fourth-order valence-electron chi connectivity index (χ4n) is 1.81. The molecule has 20 heavy (non-hydrogen) atoms. The maximum absolute atomic E-state index is 11.8. The number of rotatable bonds is 5. The van der Waals surface area contributed by atoms with Crippen LogP contribution in [0.4, 0.5) is 4.79 Å². The first kappa shape index (κ1) is 14.5. The van der Waals surface area contributed by atoms with E-state index in [0.29, 0.717) is 6.54 Å². The minimum atomic E-state index is -0.165. The van der Waals surface area contributed by atoms with Crippen molar-refractivity contribution in [2.24, 2.45) is 0 Å². The quantitative estimate of drug-likeness (QED) is 0.889. The van der Waals surface area contributed by atoms with Gasteiger partial charge in [0.2, 0.25) is 0 Å². The molecule has 0 radical (unpaired) electrons. The molecule has 2 heterocycles. The standard InChI is InChI=1S/C14H18N4OS/c1-10(12-3-6-15-7-4-12)17-14(19)16-8-5-13-9-20-11(2)18-13/h3-4,6-7,9-10H,5,8H2,1-2H3,(H2,16,17,19)/t10-/m1/s1. The number of aromatic nitrogens is 2. The summed E-state index contributed by atoms with van der Waals surface area (Å²) in [4.78, 5) is 20.1. The molecule has 0 aliphatic rings. The molecule has 0 bridgehead atoms. The number of carbonyl (C=O) groups excluding carboxylic acids is 1. The van der Waals surface area contributed by atoms with Crippen LogP contribution in [0.5, 0.6) is 0 Å². The fourth-order valence-corrected chi connectivity index (χ4v) is 2.46. The molecule has 5 nitrogen and oxygen atoms in total. The average molecular weight is 290 g/mol. The van der Waals surface area contributed by atoms with Crippen molar-refractivity contribution in [3.63, 3.8) is 0 Å². The molecule has 0 fully saturated rings. The van der Waals surface area contributed by atoms with E-state index in [9.17, 15) is 4.79 Å². The molecule has 0 saturated carbocycles. The van der Waals surface area contributed by atoms with Gasteiger partial charge in [0, 0.05) is 30.7 Å². The number of pyridine rings is 1. The van der Waals surface area contributed by atoms with Gasteiger partial charge in [-0.15, -0.1) is 11.3 Å². The van der Waals surface area contributed by atoms with Gasteiger partial charge < -0.3 is 10.6 Å². The molecule has 2 N–H and O–H groups in total. The van der Waals surface area contributed by atoms with Crippen molar-refractivity contribution < 1.29 is 4.79 Å². The Bertz CT molecular complexity index is 555. The van der Waals surface area contributed by atoms with E-state index in [1.54, 1.807) is 23.7 Å². The number of thiazole rings is 1. The van der Waals surface area contributed by atoms with Crippen molar-refractivity contribution in [3.05, 3.63) is 46.2 Å². The first-order chi connectivity index (χ1) is 9.65. The second-order valence-corrected chi connectivity index (χ2v) is 5.57. The summed E-state index contributed by atoms with van der Waals surface area (Å²) >= 11 is 1.63. The fraction of sp³-hybridized carbons (Fsp3) is 0.357. The number of carbonyl (C=O) groups is 1. The highest BCUT2D eigenvalue weighted by Gasteiger charge is 2.08. The molecular weight excluding hydrogens is 272 g/mol. The molecule has 2 aromatic rings. The first-order valence-corrected chi connectivity index (χ1v) is 7.38. The number of urea groups is 1. The van der Waals surface area contributed by atoms with Crippen LogP contribution in [0.25, 0.3) is 0 Å². The van der Waals surface area contributed by atoms with Gasteiger partial charge in [0.05, 0.1) is 16.7 Å². The normalized spacial score (nSPS) is 11.9. The number of aryl methyl sites for hydroxylation is 1. The second kappa shape index (κ2) is 7.00. The number of amides is 2. The summed E-state index contributed by atoms with van der Waals surface area (Å²) in [5, 5.41) is 8.81. The van der Waals surface area contributed by atoms with E-state index in [0.717, 1.165) is 22.7 Å². The summed E-state index contributed by atoms with van der Waals surface area (Å²) in [7, 11) is 0. The van der Waals surface area contributed by atoms with E-state index >= 15 is 0 Å². The van der Waals surface area contributed by atoms with E-state index in [4.69, 9.17) is 0 Å². The molecule has 2 rings (SSSR count). The molecule has 0 unspecified atom stereocenters. The maximum Gasteiger partial charge on any atom is 0.315 e. The van der Waals surface area contributed by atoms with Crippen LogP contribution in [0, 0.1) is 6.92 Å². The molecular formula is C14H18N4OS. The highest BCUT2D eigenvalue weighted by molar-refractivity contribution is 7.09. The molecule has 0 saturated heterocycles. The average Bonchev–Trinajstić information content (AvgIpc) is 2.85. The molecule has 6 heteroatoms. The smallest absolute Gasteiger partial charge is 0.315 e. The van der Waals surface area contributed by atoms with Crippen LogP contribution in [0.3, 0.4) is 0 Å². The number of hydrogen-bond donors (Lipinski definition) is 2. The van der Waals surface area contributed by atoms with Crippen LogP contribution in [0.15, 0.2) is 29.9 Å². The van der Waals surface area contributed by atoms with Gasteiger partial charge in [0.25, 0.3) is 0 Å². The van der Waals surface area contributed by atoms with E-state index < -0.39 is 0 Å². The van der Waals surface area contributed by atoms with Crippen LogP contribution < -0.4 is 10.6 Å². The van der Waals surface area contributed by atoms with Gasteiger partial charge in [-0.1, -0.05) is 0 Å². The predicted molar refractivity (Wildman–Crippen MR) is 79.7 cm³/mol. The third kappa shape index (κ3) is 4.31. The van der Waals surface area contributed by atoms with Gasteiger partial charge in [-0.2, -0.15) is 0 Å². The lowest BCUT2D eigenvalue weighted by Gasteiger charge is -2.14. The van der Waals surface area contributed by atoms with Crippen molar-refractivity contribution in [3.8, 4) is 0 Å².